The fraction of sp³-hybridized carbons (Fsp3) is 0.219. The molecule has 0 amide bonds. The molecule has 0 spiro atoms. The summed E-state index contributed by atoms with van der Waals surface area (Å²) >= 11 is 0. The quantitative estimate of drug-likeness (QED) is 0.220. The molecule has 5 aromatic rings. The Bertz CT molecular complexity index is 1810. The summed E-state index contributed by atoms with van der Waals surface area (Å²) in [5.74, 6) is 0.406. The van der Waals surface area contributed by atoms with Gasteiger partial charge in [0.2, 0.25) is 0 Å². The normalized spacial score (nSPS) is 11.1. The number of pyridine rings is 1. The number of rotatable bonds is 8. The van der Waals surface area contributed by atoms with Crippen molar-refractivity contribution in [3.8, 4) is 22.9 Å². The van der Waals surface area contributed by atoms with Crippen molar-refractivity contribution in [1.29, 1.82) is 0 Å². The topological polar surface area (TPSA) is 108 Å². The molecule has 0 fully saturated rings. The molecule has 0 bridgehead atoms. The highest BCUT2D eigenvalue weighted by atomic mass is 19.1. The zero-order valence-corrected chi connectivity index (χ0v) is 24.4. The third-order valence-electron chi connectivity index (χ3n) is 6.49. The molecule has 9 nitrogen and oxygen atoms in total. The number of carbonyl (C=O) groups is 1. The number of halogens is 2. The van der Waals surface area contributed by atoms with Crippen LogP contribution in [0.15, 0.2) is 77.7 Å². The van der Waals surface area contributed by atoms with E-state index in [1.807, 2.05) is 0 Å². The SMILES string of the molecule is CNc1ccc(Oc2ccnc3cc(OCC(C)(C)O)ccc23)c(F)c1.Cc1c(C=O)c(=O)n(-c2ccc(F)cc2)n1C. The standard InChI is InChI=1S/C20H21FN2O3.C12H11FN2O2/c1-20(2,24)12-25-14-5-6-15-17(11-14)23-9-8-18(15)26-19-7-4-13(22-3)10-16(19)21;1-8-11(7-16)12(17)15(14(8)2)10-5-3-9(13)4-6-10/h4-11,22,24H,12H2,1-3H3;3-7H,1-2H3. The van der Waals surface area contributed by atoms with Crippen LogP contribution in [-0.2, 0) is 7.05 Å². The third-order valence-corrected chi connectivity index (χ3v) is 6.49. The van der Waals surface area contributed by atoms with Crippen LogP contribution in [0.3, 0.4) is 0 Å². The molecular weight excluding hydrogens is 558 g/mol. The first-order valence-corrected chi connectivity index (χ1v) is 13.3. The van der Waals surface area contributed by atoms with E-state index in [0.29, 0.717) is 40.4 Å². The summed E-state index contributed by atoms with van der Waals surface area (Å²) in [5, 5.41) is 13.4. The number of fused-ring (bicyclic) bond motifs is 1. The van der Waals surface area contributed by atoms with Gasteiger partial charge in [0.25, 0.3) is 5.56 Å². The van der Waals surface area contributed by atoms with Crippen LogP contribution in [0.5, 0.6) is 17.2 Å². The lowest BCUT2D eigenvalue weighted by atomic mass is 10.1. The van der Waals surface area contributed by atoms with E-state index >= 15 is 0 Å². The number of nitrogens with one attached hydrogen (secondary N) is 1. The average molecular weight is 591 g/mol. The molecule has 0 saturated carbocycles. The maximum absolute atomic E-state index is 14.2. The van der Waals surface area contributed by atoms with Gasteiger partial charge in [0.05, 0.1) is 16.8 Å². The van der Waals surface area contributed by atoms with Crippen LogP contribution >= 0.6 is 0 Å². The summed E-state index contributed by atoms with van der Waals surface area (Å²) in [6.45, 7) is 5.20. The molecule has 2 heterocycles. The van der Waals surface area contributed by atoms with Crippen LogP contribution in [0.1, 0.15) is 29.9 Å². The number of nitrogens with zero attached hydrogens (tertiary/aromatic N) is 3. The van der Waals surface area contributed by atoms with Gasteiger partial charge in [-0.2, -0.15) is 0 Å². The Kier molecular flexibility index (Phi) is 9.25. The number of benzene rings is 3. The van der Waals surface area contributed by atoms with Gasteiger partial charge in [-0.1, -0.05) is 0 Å². The van der Waals surface area contributed by atoms with Gasteiger partial charge in [-0.25, -0.2) is 13.5 Å². The van der Waals surface area contributed by atoms with Gasteiger partial charge in [-0.15, -0.1) is 0 Å². The molecule has 2 aromatic heterocycles. The van der Waals surface area contributed by atoms with E-state index in [4.69, 9.17) is 9.47 Å². The van der Waals surface area contributed by atoms with Crippen LogP contribution < -0.4 is 20.3 Å². The highest BCUT2D eigenvalue weighted by Crippen LogP contribution is 2.33. The minimum atomic E-state index is -0.926. The van der Waals surface area contributed by atoms with Crippen molar-refractivity contribution in [3.05, 3.63) is 106 Å². The predicted octanol–water partition coefficient (Wildman–Crippen LogP) is 5.79. The molecule has 0 aliphatic carbocycles. The second-order valence-corrected chi connectivity index (χ2v) is 10.3. The third kappa shape index (κ3) is 7.25. The molecule has 5 rings (SSSR count). The van der Waals surface area contributed by atoms with Crippen molar-refractivity contribution in [2.45, 2.75) is 26.4 Å². The Morgan fingerprint density at radius 3 is 2.35 bits per heavy atom. The van der Waals surface area contributed by atoms with Gasteiger partial charge >= 0.3 is 0 Å². The molecule has 3 aromatic carbocycles. The zero-order valence-electron chi connectivity index (χ0n) is 24.4. The largest absolute Gasteiger partial charge is 0.491 e. The Morgan fingerprint density at radius 2 is 1.74 bits per heavy atom. The number of ether oxygens (including phenoxy) is 2. The van der Waals surface area contributed by atoms with E-state index in [9.17, 15) is 23.5 Å². The number of aromatic nitrogens is 3. The van der Waals surface area contributed by atoms with Gasteiger partial charge in [-0.05, 0) is 75.4 Å². The highest BCUT2D eigenvalue weighted by molar-refractivity contribution is 5.86. The van der Waals surface area contributed by atoms with Crippen LogP contribution in [0, 0.1) is 18.6 Å². The lowest BCUT2D eigenvalue weighted by Crippen LogP contribution is -2.27. The van der Waals surface area contributed by atoms with E-state index in [1.54, 1.807) is 82.1 Å². The van der Waals surface area contributed by atoms with Crippen molar-refractivity contribution >= 4 is 22.9 Å². The van der Waals surface area contributed by atoms with Crippen LogP contribution in [0.2, 0.25) is 0 Å². The smallest absolute Gasteiger partial charge is 0.282 e. The second kappa shape index (κ2) is 12.9. The average Bonchev–Trinajstić information content (AvgIpc) is 3.20. The number of hydrogen-bond acceptors (Lipinski definition) is 7. The molecule has 0 atom stereocenters. The van der Waals surface area contributed by atoms with E-state index in [2.05, 4.69) is 10.3 Å². The second-order valence-electron chi connectivity index (χ2n) is 10.3. The predicted molar refractivity (Wildman–Crippen MR) is 161 cm³/mol. The van der Waals surface area contributed by atoms with Gasteiger partial charge in [0.1, 0.15) is 29.5 Å². The van der Waals surface area contributed by atoms with Gasteiger partial charge in [0.15, 0.2) is 17.9 Å². The summed E-state index contributed by atoms with van der Waals surface area (Å²) in [7, 11) is 3.40. The Labute approximate surface area is 246 Å². The summed E-state index contributed by atoms with van der Waals surface area (Å²) in [4.78, 5) is 27.1. The summed E-state index contributed by atoms with van der Waals surface area (Å²) in [6, 6.07) is 17.2. The fourth-order valence-electron chi connectivity index (χ4n) is 4.14. The van der Waals surface area contributed by atoms with Crippen molar-refractivity contribution in [3.63, 3.8) is 0 Å². The Balaban J connectivity index is 0.000000215. The zero-order chi connectivity index (χ0) is 31.3. The van der Waals surface area contributed by atoms with E-state index in [-0.39, 0.29) is 23.7 Å². The number of hydrogen-bond donors (Lipinski definition) is 2. The lowest BCUT2D eigenvalue weighted by molar-refractivity contribution is 0.0285. The van der Waals surface area contributed by atoms with E-state index < -0.39 is 17.0 Å². The molecule has 0 saturated heterocycles. The summed E-state index contributed by atoms with van der Waals surface area (Å²) in [5.41, 5.74) is 1.23. The molecule has 2 N–H and O–H groups in total. The maximum atomic E-state index is 14.2. The minimum Gasteiger partial charge on any atom is -0.491 e. The molecule has 43 heavy (non-hydrogen) atoms. The number of aliphatic hydroxyl groups is 1. The molecule has 0 aliphatic rings. The number of aldehydes is 1. The monoisotopic (exact) mass is 590 g/mol. The van der Waals surface area contributed by atoms with Gasteiger partial charge < -0.3 is 19.9 Å². The first kappa shape index (κ1) is 30.9. The molecular formula is C32H32F2N4O5. The van der Waals surface area contributed by atoms with Crippen LogP contribution in [-0.4, -0.2) is 45.0 Å². The van der Waals surface area contributed by atoms with Crippen LogP contribution in [0.25, 0.3) is 16.6 Å². The molecule has 11 heteroatoms. The highest BCUT2D eigenvalue weighted by Gasteiger charge is 2.16. The van der Waals surface area contributed by atoms with Crippen molar-refractivity contribution in [2.24, 2.45) is 7.05 Å². The van der Waals surface area contributed by atoms with E-state index in [0.717, 1.165) is 5.39 Å². The van der Waals surface area contributed by atoms with Gasteiger partial charge in [0, 0.05) is 49.2 Å². The number of carbonyl (C=O) groups excluding carboxylic acids is 1. The minimum absolute atomic E-state index is 0.122. The molecule has 224 valence electrons. The first-order valence-electron chi connectivity index (χ1n) is 13.3. The molecule has 0 aliphatic heterocycles. The summed E-state index contributed by atoms with van der Waals surface area (Å²) < 4.78 is 41.2. The Hall–Kier alpha value is -5.03. The molecule has 0 unspecified atom stereocenters. The lowest BCUT2D eigenvalue weighted by Gasteiger charge is -2.18. The van der Waals surface area contributed by atoms with Crippen molar-refractivity contribution in [2.75, 3.05) is 19.0 Å². The van der Waals surface area contributed by atoms with Crippen molar-refractivity contribution in [1.82, 2.24) is 14.3 Å². The molecule has 0 radical (unpaired) electrons. The maximum Gasteiger partial charge on any atom is 0.282 e. The summed E-state index contributed by atoms with van der Waals surface area (Å²) in [6.07, 6.45) is 2.13. The van der Waals surface area contributed by atoms with E-state index in [1.165, 1.54) is 35.0 Å². The van der Waals surface area contributed by atoms with Crippen molar-refractivity contribution < 1.29 is 28.2 Å². The van der Waals surface area contributed by atoms with Crippen LogP contribution in [0.4, 0.5) is 14.5 Å². The Morgan fingerprint density at radius 1 is 1.02 bits per heavy atom. The number of anilines is 1. The van der Waals surface area contributed by atoms with Gasteiger partial charge in [-0.3, -0.25) is 19.3 Å². The fourth-order valence-corrected chi connectivity index (χ4v) is 4.14. The first-order chi connectivity index (χ1) is 20.4.